The minimum absolute atomic E-state index is 0.111. The molecule has 2 aromatic rings. The van der Waals surface area contributed by atoms with E-state index in [4.69, 9.17) is 17.2 Å². The maximum Gasteiger partial charge on any atom is 0.267 e. The molecule has 0 bridgehead atoms. The summed E-state index contributed by atoms with van der Waals surface area (Å²) < 4.78 is 2.11. The standard InChI is InChI=1S/C24H30N4O2S2/c1-4-5-7-11-28-23(30)19(32-24(28)31)13-18-21(26-14-16(2)12-17(3)15-26)25-20-9-6-8-10-27(20)22(18)29/h6,8-10,13,16-17H,4-5,7,11-12,14-15H2,1-3H3/b19-13+/t16-,17-/m0/s1. The molecular weight excluding hydrogens is 440 g/mol. The second kappa shape index (κ2) is 9.75. The Morgan fingerprint density at radius 1 is 1.19 bits per heavy atom. The van der Waals surface area contributed by atoms with Crippen molar-refractivity contribution in [3.05, 3.63) is 45.2 Å². The van der Waals surface area contributed by atoms with E-state index in [0.29, 0.717) is 44.6 Å². The normalized spacial score (nSPS) is 23.0. The van der Waals surface area contributed by atoms with E-state index in [9.17, 15) is 9.59 Å². The number of anilines is 1. The molecule has 2 aromatic heterocycles. The van der Waals surface area contributed by atoms with E-state index in [1.807, 2.05) is 18.2 Å². The molecule has 170 valence electrons. The molecule has 4 heterocycles. The van der Waals surface area contributed by atoms with Gasteiger partial charge in [-0.3, -0.25) is 18.9 Å². The van der Waals surface area contributed by atoms with Gasteiger partial charge in [0, 0.05) is 25.8 Å². The van der Waals surface area contributed by atoms with Gasteiger partial charge in [0.2, 0.25) is 0 Å². The number of unbranched alkanes of at least 4 members (excludes halogenated alkanes) is 2. The van der Waals surface area contributed by atoms with Crippen LogP contribution in [-0.2, 0) is 4.79 Å². The predicted octanol–water partition coefficient (Wildman–Crippen LogP) is 4.57. The highest BCUT2D eigenvalue weighted by molar-refractivity contribution is 8.26. The second-order valence-electron chi connectivity index (χ2n) is 8.97. The summed E-state index contributed by atoms with van der Waals surface area (Å²) in [5.41, 5.74) is 0.916. The predicted molar refractivity (Wildman–Crippen MR) is 136 cm³/mol. The van der Waals surface area contributed by atoms with E-state index in [2.05, 4.69) is 25.7 Å². The number of aromatic nitrogens is 2. The molecule has 1 amide bonds. The van der Waals surface area contributed by atoms with Crippen LogP contribution in [0.25, 0.3) is 11.7 Å². The number of hydrogen-bond acceptors (Lipinski definition) is 6. The molecule has 0 radical (unpaired) electrons. The second-order valence-corrected chi connectivity index (χ2v) is 10.7. The molecule has 0 N–H and O–H groups in total. The molecule has 4 rings (SSSR count). The number of fused-ring (bicyclic) bond motifs is 1. The molecular formula is C24H30N4O2S2. The van der Waals surface area contributed by atoms with Crippen LogP contribution in [0.15, 0.2) is 34.1 Å². The molecule has 2 aliphatic rings. The van der Waals surface area contributed by atoms with Gasteiger partial charge in [0.1, 0.15) is 15.8 Å². The summed E-state index contributed by atoms with van der Waals surface area (Å²) in [6.45, 7) is 8.92. The first kappa shape index (κ1) is 23.0. The first-order valence-electron chi connectivity index (χ1n) is 11.4. The number of amides is 1. The van der Waals surface area contributed by atoms with Crippen LogP contribution < -0.4 is 10.5 Å². The molecule has 0 spiro atoms. The van der Waals surface area contributed by atoms with Crippen LogP contribution >= 0.6 is 24.0 Å². The van der Waals surface area contributed by atoms with Crippen molar-refractivity contribution in [1.29, 1.82) is 0 Å². The van der Waals surface area contributed by atoms with Gasteiger partial charge < -0.3 is 4.90 Å². The summed E-state index contributed by atoms with van der Waals surface area (Å²) in [7, 11) is 0. The zero-order valence-electron chi connectivity index (χ0n) is 18.9. The third-order valence-electron chi connectivity index (χ3n) is 6.05. The summed E-state index contributed by atoms with van der Waals surface area (Å²) in [6.07, 6.45) is 7.66. The number of nitrogens with zero attached hydrogens (tertiary/aromatic N) is 4. The van der Waals surface area contributed by atoms with Crippen LogP contribution in [0.5, 0.6) is 0 Å². The highest BCUT2D eigenvalue weighted by Crippen LogP contribution is 2.34. The highest BCUT2D eigenvalue weighted by Gasteiger charge is 2.33. The van der Waals surface area contributed by atoms with Crippen molar-refractivity contribution in [1.82, 2.24) is 14.3 Å². The Morgan fingerprint density at radius 2 is 1.94 bits per heavy atom. The fourth-order valence-electron chi connectivity index (χ4n) is 4.64. The fourth-order valence-corrected chi connectivity index (χ4v) is 5.93. The van der Waals surface area contributed by atoms with Crippen molar-refractivity contribution < 1.29 is 4.79 Å². The molecule has 0 saturated carbocycles. The molecule has 2 saturated heterocycles. The summed E-state index contributed by atoms with van der Waals surface area (Å²) in [4.78, 5) is 35.8. The average Bonchev–Trinajstić information content (AvgIpc) is 3.02. The Labute approximate surface area is 198 Å². The Bertz CT molecular complexity index is 1120. The van der Waals surface area contributed by atoms with Crippen LogP contribution in [0.1, 0.15) is 52.0 Å². The Kier molecular flexibility index (Phi) is 7.00. The lowest BCUT2D eigenvalue weighted by atomic mass is 9.91. The van der Waals surface area contributed by atoms with Crippen molar-refractivity contribution >= 4 is 51.7 Å². The topological polar surface area (TPSA) is 57.9 Å². The fraction of sp³-hybridized carbons (Fsp3) is 0.500. The summed E-state index contributed by atoms with van der Waals surface area (Å²) >= 11 is 6.76. The molecule has 0 unspecified atom stereocenters. The lowest BCUT2D eigenvalue weighted by Gasteiger charge is -2.36. The molecule has 32 heavy (non-hydrogen) atoms. The maximum absolute atomic E-state index is 13.5. The van der Waals surface area contributed by atoms with Gasteiger partial charge in [0.05, 0.1) is 10.5 Å². The number of carbonyl (C=O) groups excluding carboxylic acids is 1. The van der Waals surface area contributed by atoms with E-state index in [-0.39, 0.29) is 11.5 Å². The molecule has 8 heteroatoms. The molecule has 6 nitrogen and oxygen atoms in total. The third kappa shape index (κ3) is 4.62. The van der Waals surface area contributed by atoms with E-state index in [1.54, 1.807) is 21.6 Å². The van der Waals surface area contributed by atoms with Crippen LogP contribution in [0.3, 0.4) is 0 Å². The Hall–Kier alpha value is -2.19. The van der Waals surface area contributed by atoms with E-state index < -0.39 is 0 Å². The van der Waals surface area contributed by atoms with Gasteiger partial charge in [-0.05, 0) is 42.9 Å². The lowest BCUT2D eigenvalue weighted by Crippen LogP contribution is -2.40. The monoisotopic (exact) mass is 470 g/mol. The van der Waals surface area contributed by atoms with Crippen molar-refractivity contribution in [2.45, 2.75) is 46.5 Å². The number of thiocarbonyl (C=S) groups is 1. The van der Waals surface area contributed by atoms with Crippen molar-refractivity contribution in [3.8, 4) is 0 Å². The van der Waals surface area contributed by atoms with Crippen molar-refractivity contribution in [2.24, 2.45) is 11.8 Å². The van der Waals surface area contributed by atoms with Crippen LogP contribution in [0.4, 0.5) is 5.82 Å². The van der Waals surface area contributed by atoms with Gasteiger partial charge in [0.15, 0.2) is 0 Å². The van der Waals surface area contributed by atoms with E-state index in [0.717, 1.165) is 38.8 Å². The van der Waals surface area contributed by atoms with Gasteiger partial charge in [0.25, 0.3) is 11.5 Å². The van der Waals surface area contributed by atoms with Crippen molar-refractivity contribution in [2.75, 3.05) is 24.5 Å². The minimum atomic E-state index is -0.160. The van der Waals surface area contributed by atoms with Crippen LogP contribution in [-0.4, -0.2) is 44.1 Å². The summed E-state index contributed by atoms with van der Waals surface area (Å²) in [6, 6.07) is 5.55. The minimum Gasteiger partial charge on any atom is -0.355 e. The zero-order chi connectivity index (χ0) is 22.8. The molecule has 0 aliphatic carbocycles. The first-order chi connectivity index (χ1) is 15.4. The number of hydrogen-bond donors (Lipinski definition) is 0. The van der Waals surface area contributed by atoms with Gasteiger partial charge >= 0.3 is 0 Å². The Balaban J connectivity index is 1.77. The summed E-state index contributed by atoms with van der Waals surface area (Å²) in [5.74, 6) is 1.58. The highest BCUT2D eigenvalue weighted by atomic mass is 32.2. The molecule has 0 aromatic carbocycles. The van der Waals surface area contributed by atoms with E-state index >= 15 is 0 Å². The van der Waals surface area contributed by atoms with Gasteiger partial charge in [-0.25, -0.2) is 4.98 Å². The van der Waals surface area contributed by atoms with Gasteiger partial charge in [-0.2, -0.15) is 0 Å². The average molecular weight is 471 g/mol. The first-order valence-corrected chi connectivity index (χ1v) is 12.6. The number of piperidine rings is 1. The molecule has 2 atom stereocenters. The molecule has 2 fully saturated rings. The number of carbonyl (C=O) groups is 1. The van der Waals surface area contributed by atoms with E-state index in [1.165, 1.54) is 11.8 Å². The van der Waals surface area contributed by atoms with Crippen LogP contribution in [0, 0.1) is 11.8 Å². The SMILES string of the molecule is CCCCCN1C(=O)/C(=C\c2c(N3C[C@@H](C)C[C@H](C)C3)nc3ccccn3c2=O)SC1=S. The lowest BCUT2D eigenvalue weighted by molar-refractivity contribution is -0.122. The number of thioether (sulfide) groups is 1. The third-order valence-corrected chi connectivity index (χ3v) is 7.43. The summed E-state index contributed by atoms with van der Waals surface area (Å²) in [5, 5.41) is 0. The number of pyridine rings is 1. The quantitative estimate of drug-likeness (QED) is 0.350. The van der Waals surface area contributed by atoms with Crippen LogP contribution in [0.2, 0.25) is 0 Å². The maximum atomic E-state index is 13.5. The van der Waals surface area contributed by atoms with Gasteiger partial charge in [-0.1, -0.05) is 63.7 Å². The smallest absolute Gasteiger partial charge is 0.267 e. The zero-order valence-corrected chi connectivity index (χ0v) is 20.5. The van der Waals surface area contributed by atoms with Crippen molar-refractivity contribution in [3.63, 3.8) is 0 Å². The number of rotatable bonds is 6. The van der Waals surface area contributed by atoms with Gasteiger partial charge in [-0.15, -0.1) is 0 Å². The Morgan fingerprint density at radius 3 is 2.66 bits per heavy atom. The largest absolute Gasteiger partial charge is 0.355 e. The molecule has 2 aliphatic heterocycles.